The van der Waals surface area contributed by atoms with Gasteiger partial charge in [0.1, 0.15) is 22.8 Å². The topological polar surface area (TPSA) is 543 Å². The van der Waals surface area contributed by atoms with Gasteiger partial charge in [-0.15, -0.1) is 41.0 Å². The predicted octanol–water partition coefficient (Wildman–Crippen LogP) is -1.53. The number of hydrogen-bond donors (Lipinski definition) is 0. The third-order valence-electron chi connectivity index (χ3n) is 10.5. The zero-order chi connectivity index (χ0) is 81.1. The molecule has 12 heterocycles. The molecular weight excluding hydrogens is 1890 g/mol. The molecule has 0 aliphatic rings. The summed E-state index contributed by atoms with van der Waals surface area (Å²) < 4.78 is 140. The Labute approximate surface area is 716 Å². The van der Waals surface area contributed by atoms with Crippen LogP contribution >= 0.6 is 139 Å². The van der Waals surface area contributed by atoms with Gasteiger partial charge in [-0.1, -0.05) is 188 Å². The molecule has 0 spiro atoms. The van der Waals surface area contributed by atoms with Crippen LogP contribution in [-0.2, 0) is 59.2 Å². The number of nitrogens with zero attached hydrogens (tertiary/aromatic N) is 16. The SMILES string of the molecule is ClC(Cl)Cl.ClC(Cl)Cl.ClC(Cl)Cl.ClC(Cl)Cl.[Ni+2].[Ni+2].[O-][Cl+3]([O-])([O-])[O-].[O-][Cl+3]([O-])([O-])[O-].[O-][Cl+3]([O-])([O-])[O-].[O-][Cl+3]([O-])([O-])[O-].c1ccc(Cn2ccc(-c3ccccn3)n2)nc1.c1ccc(Cn2ccc(-c3ccccn3)n2)nc1.c1ccc(Cn2ccc(-c3ccccn3)n2)nc1.c1ccc(Cn2ccc(-c3ccccn3)n2)nc1. The van der Waals surface area contributed by atoms with Gasteiger partial charge in [-0.2, -0.15) is 20.4 Å². The van der Waals surface area contributed by atoms with Crippen LogP contribution in [0.5, 0.6) is 0 Å². The van der Waals surface area contributed by atoms with Gasteiger partial charge < -0.3 is 0 Å². The number of aromatic nitrogens is 16. The Hall–Kier alpha value is -4.97. The second kappa shape index (κ2) is 60.6. The van der Waals surface area contributed by atoms with Crippen molar-refractivity contribution in [2.24, 2.45) is 0 Å². The van der Waals surface area contributed by atoms with E-state index in [1.54, 1.807) is 49.6 Å². The molecule has 0 fully saturated rings. The standard InChI is InChI=1S/4C14H12N4.4CHCl3.4ClHO4.2Ni/c4*1-3-8-15-12(5-1)11-18-10-7-14(17-18)13-6-2-4-9-16-13;4*2-1(3)4;4*2-1(3,4)5;;/h4*1-10H,11H2;4*1H;4*(H,2,3,4,5);;/q;;;;;;;;;;;;2*+2/p-4. The Kier molecular flexibility index (Phi) is 59.0. The fourth-order valence-electron chi connectivity index (χ4n) is 7.03. The fraction of sp³-hybridized carbons (Fsp3) is 0.133. The third-order valence-corrected chi connectivity index (χ3v) is 10.5. The van der Waals surface area contributed by atoms with Crippen LogP contribution in [0.15, 0.2) is 244 Å². The molecular formula is C60H52Cl16N16Ni2O16. The monoisotopic (exact) mass is 1930 g/mol. The average molecular weight is 1940 g/mol. The van der Waals surface area contributed by atoms with Crippen LogP contribution in [0.3, 0.4) is 0 Å². The minimum Gasteiger partial charge on any atom is -0.266 e. The van der Waals surface area contributed by atoms with E-state index in [0.29, 0.717) is 26.2 Å². The van der Waals surface area contributed by atoms with Crippen LogP contribution in [0.25, 0.3) is 45.6 Å². The molecule has 600 valence electrons. The van der Waals surface area contributed by atoms with Crippen LogP contribution in [0.1, 0.15) is 22.8 Å². The summed E-state index contributed by atoms with van der Waals surface area (Å²) >= 11 is 57.7. The molecule has 32 nitrogen and oxygen atoms in total. The summed E-state index contributed by atoms with van der Waals surface area (Å²) in [4.78, 5) is 34.2. The quantitative estimate of drug-likeness (QED) is 0.0989. The largest absolute Gasteiger partial charge is 2.00 e. The molecule has 0 aliphatic carbocycles. The Morgan fingerprint density at radius 2 is 0.355 bits per heavy atom. The van der Waals surface area contributed by atoms with E-state index in [-0.39, 0.29) is 33.0 Å². The van der Waals surface area contributed by atoms with Crippen molar-refractivity contribution in [3.05, 3.63) is 267 Å². The number of hydrogen-bond acceptors (Lipinski definition) is 28. The number of rotatable bonds is 12. The number of halogens is 16. The van der Waals surface area contributed by atoms with Crippen molar-refractivity contribution >= 4 is 139 Å². The van der Waals surface area contributed by atoms with E-state index >= 15 is 0 Å². The smallest absolute Gasteiger partial charge is 0.266 e. The van der Waals surface area contributed by atoms with E-state index in [2.05, 4.69) is 60.3 Å². The second-order valence-electron chi connectivity index (χ2n) is 18.2. The van der Waals surface area contributed by atoms with Crippen LogP contribution in [-0.4, -0.2) is 96.2 Å². The van der Waals surface area contributed by atoms with Gasteiger partial charge >= 0.3 is 33.0 Å². The molecule has 0 saturated heterocycles. The maximum atomic E-state index is 8.49. The van der Waals surface area contributed by atoms with Crippen molar-refractivity contribution in [1.29, 1.82) is 0 Å². The molecule has 0 aliphatic heterocycles. The van der Waals surface area contributed by atoms with Crippen LogP contribution < -0.4 is 74.5 Å². The molecule has 12 rings (SSSR count). The van der Waals surface area contributed by atoms with Gasteiger partial charge in [-0.25, -0.2) is 74.5 Å². The van der Waals surface area contributed by atoms with Crippen LogP contribution in [0.2, 0.25) is 0 Å². The summed E-state index contributed by atoms with van der Waals surface area (Å²) in [7, 11) is -19.8. The molecule has 0 radical (unpaired) electrons. The van der Waals surface area contributed by atoms with Crippen molar-refractivity contribution in [2.45, 2.75) is 43.4 Å². The summed E-state index contributed by atoms with van der Waals surface area (Å²) in [6, 6.07) is 54.6. The van der Waals surface area contributed by atoms with Gasteiger partial charge in [0.2, 0.25) is 0 Å². The molecule has 0 atom stereocenters. The molecule has 12 aromatic heterocycles. The zero-order valence-electron chi connectivity index (χ0n) is 54.6. The molecule has 0 N–H and O–H groups in total. The molecule has 0 saturated carbocycles. The first-order chi connectivity index (χ1) is 50.6. The van der Waals surface area contributed by atoms with E-state index in [0.717, 1.165) is 68.3 Å². The normalized spacial score (nSPS) is 10.3. The van der Waals surface area contributed by atoms with E-state index < -0.39 is 58.2 Å². The summed E-state index contributed by atoms with van der Waals surface area (Å²) in [6.07, 6.45) is 22.0. The first-order valence-electron chi connectivity index (χ1n) is 28.1. The molecule has 50 heteroatoms. The number of pyridine rings is 8. The minimum absolute atomic E-state index is 0. The molecule has 0 aromatic carbocycles. The fourth-order valence-corrected chi connectivity index (χ4v) is 7.03. The maximum Gasteiger partial charge on any atom is 2.00 e. The van der Waals surface area contributed by atoms with Crippen molar-refractivity contribution in [1.82, 2.24) is 79.0 Å². The second-order valence-corrected chi connectivity index (χ2v) is 29.2. The van der Waals surface area contributed by atoms with Crippen LogP contribution in [0.4, 0.5) is 0 Å². The maximum absolute atomic E-state index is 8.49. The number of alkyl halides is 12. The summed E-state index contributed by atoms with van der Waals surface area (Å²) in [5, 5.41) is 18.0. The van der Waals surface area contributed by atoms with Gasteiger partial charge in [0.15, 0.2) is 17.2 Å². The molecule has 110 heavy (non-hydrogen) atoms. The van der Waals surface area contributed by atoms with E-state index in [9.17, 15) is 0 Å². The summed E-state index contributed by atoms with van der Waals surface area (Å²) in [5.74, 6) is 0. The first kappa shape index (κ1) is 107. The Morgan fingerprint density at radius 3 is 0.473 bits per heavy atom. The third kappa shape index (κ3) is 66.5. The first-order valence-corrected chi connectivity index (χ1v) is 38.3. The molecule has 12 aromatic rings. The van der Waals surface area contributed by atoms with Crippen molar-refractivity contribution in [2.75, 3.05) is 0 Å². The average Bonchev–Trinajstić information content (AvgIpc) is 1.74. The zero-order valence-corrected chi connectivity index (χ0v) is 68.7. The minimum atomic E-state index is -4.94. The molecule has 0 amide bonds. The Balaban J connectivity index is 0. The van der Waals surface area contributed by atoms with Gasteiger partial charge in [0.25, 0.3) is 0 Å². The molecule has 0 unspecified atom stereocenters. The summed E-state index contributed by atoms with van der Waals surface area (Å²) in [6.45, 7) is 2.70. The van der Waals surface area contributed by atoms with Crippen molar-refractivity contribution in [3.63, 3.8) is 0 Å². The van der Waals surface area contributed by atoms with Gasteiger partial charge in [0, 0.05) is 74.4 Å². The molecule has 0 bridgehead atoms. The van der Waals surface area contributed by atoms with Crippen LogP contribution in [0, 0.1) is 41.0 Å². The van der Waals surface area contributed by atoms with E-state index in [1.165, 1.54) is 0 Å². The predicted molar refractivity (Wildman–Crippen MR) is 361 cm³/mol. The van der Waals surface area contributed by atoms with Gasteiger partial charge in [-0.3, -0.25) is 58.6 Å². The summed E-state index contributed by atoms with van der Waals surface area (Å²) in [5.41, 5.74) is 11.0. The Morgan fingerprint density at radius 1 is 0.218 bits per heavy atom. The van der Waals surface area contributed by atoms with E-state index in [4.69, 9.17) is 214 Å². The van der Waals surface area contributed by atoms with Gasteiger partial charge in [0.05, 0.1) is 71.7 Å². The van der Waals surface area contributed by atoms with Gasteiger partial charge in [-0.05, 0) is 121 Å². The van der Waals surface area contributed by atoms with Crippen molar-refractivity contribution in [3.8, 4) is 45.6 Å². The van der Waals surface area contributed by atoms with E-state index in [1.807, 2.05) is 213 Å². The Bertz CT molecular complexity index is 3590. The van der Waals surface area contributed by atoms with Crippen molar-refractivity contribution < 1.29 is 148 Å².